The molecule has 0 saturated heterocycles. The Kier molecular flexibility index (Phi) is 7.17. The highest BCUT2D eigenvalue weighted by Crippen LogP contribution is 2.19. The zero-order valence-electron chi connectivity index (χ0n) is 17.5. The second-order valence-electron chi connectivity index (χ2n) is 7.17. The van der Waals surface area contributed by atoms with Crippen molar-refractivity contribution in [2.24, 2.45) is 0 Å². The zero-order valence-corrected chi connectivity index (χ0v) is 17.5. The van der Waals surface area contributed by atoms with Gasteiger partial charge in [-0.05, 0) is 42.3 Å². The number of para-hydroxylation sites is 1. The van der Waals surface area contributed by atoms with Gasteiger partial charge in [-0.2, -0.15) is 0 Å². The van der Waals surface area contributed by atoms with Crippen molar-refractivity contribution in [3.8, 4) is 5.75 Å². The molecule has 0 aliphatic carbocycles. The lowest BCUT2D eigenvalue weighted by atomic mass is 10.1. The van der Waals surface area contributed by atoms with Gasteiger partial charge in [0, 0.05) is 24.7 Å². The highest BCUT2D eigenvalue weighted by Gasteiger charge is 2.11. The Hall–Kier alpha value is -3.93. The monoisotopic (exact) mass is 416 g/mol. The van der Waals surface area contributed by atoms with E-state index in [0.717, 1.165) is 16.7 Å². The summed E-state index contributed by atoms with van der Waals surface area (Å²) in [6.07, 6.45) is 0.289. The Morgan fingerprint density at radius 1 is 0.903 bits per heavy atom. The van der Waals surface area contributed by atoms with Gasteiger partial charge in [0.25, 0.3) is 5.91 Å². The van der Waals surface area contributed by atoms with Crippen LogP contribution in [0.5, 0.6) is 5.75 Å². The van der Waals surface area contributed by atoms with Gasteiger partial charge >= 0.3 is 5.97 Å². The number of hydrogen-bond donors (Lipinski definition) is 2. The second kappa shape index (κ2) is 10.2. The van der Waals surface area contributed by atoms with Crippen LogP contribution in [-0.4, -0.2) is 17.8 Å². The molecule has 2 amide bonds. The van der Waals surface area contributed by atoms with Crippen molar-refractivity contribution in [3.63, 3.8) is 0 Å². The van der Waals surface area contributed by atoms with Gasteiger partial charge in [0.05, 0.1) is 6.42 Å². The highest BCUT2D eigenvalue weighted by molar-refractivity contribution is 6.05. The molecular weight excluding hydrogens is 392 g/mol. The average Bonchev–Trinajstić information content (AvgIpc) is 2.74. The van der Waals surface area contributed by atoms with Crippen LogP contribution in [0.3, 0.4) is 0 Å². The maximum absolute atomic E-state index is 12.7. The Bertz CT molecular complexity index is 1090. The molecule has 0 atom stereocenters. The number of aryl methyl sites for hydroxylation is 1. The molecule has 31 heavy (non-hydrogen) atoms. The Labute approximate surface area is 181 Å². The molecular formula is C25H24N2O4. The summed E-state index contributed by atoms with van der Waals surface area (Å²) < 4.78 is 5.03. The van der Waals surface area contributed by atoms with E-state index in [1.165, 1.54) is 13.0 Å². The minimum Gasteiger partial charge on any atom is -0.427 e. The fourth-order valence-electron chi connectivity index (χ4n) is 3.01. The molecule has 0 aromatic heterocycles. The van der Waals surface area contributed by atoms with E-state index >= 15 is 0 Å². The van der Waals surface area contributed by atoms with Gasteiger partial charge < -0.3 is 15.4 Å². The average molecular weight is 416 g/mol. The number of hydrogen-bond acceptors (Lipinski definition) is 4. The first-order valence-electron chi connectivity index (χ1n) is 9.90. The molecule has 0 aliphatic heterocycles. The third-order valence-electron chi connectivity index (χ3n) is 4.58. The summed E-state index contributed by atoms with van der Waals surface area (Å²) in [7, 11) is 0. The standard InChI is InChI=1S/C25H24N2O4/c1-17-10-12-19(13-11-17)14-24(29)26-16-21-6-3-4-9-23(21)27-25(30)20-7-5-8-22(15-20)31-18(2)28/h3-13,15H,14,16H2,1-2H3,(H,26,29)(H,27,30). The molecule has 0 radical (unpaired) electrons. The SMILES string of the molecule is CC(=O)Oc1cccc(C(=O)Nc2ccccc2CNC(=O)Cc2ccc(C)cc2)c1. The summed E-state index contributed by atoms with van der Waals surface area (Å²) in [4.78, 5) is 36.1. The molecule has 3 rings (SSSR count). The van der Waals surface area contributed by atoms with E-state index < -0.39 is 5.97 Å². The minimum absolute atomic E-state index is 0.0981. The van der Waals surface area contributed by atoms with Crippen molar-refractivity contribution < 1.29 is 19.1 Å². The summed E-state index contributed by atoms with van der Waals surface area (Å²) in [6.45, 7) is 3.59. The van der Waals surface area contributed by atoms with Crippen LogP contribution in [0.1, 0.15) is 34.0 Å². The van der Waals surface area contributed by atoms with Gasteiger partial charge in [0.15, 0.2) is 0 Å². The molecule has 0 spiro atoms. The number of nitrogens with one attached hydrogen (secondary N) is 2. The minimum atomic E-state index is -0.454. The molecule has 6 nitrogen and oxygen atoms in total. The maximum atomic E-state index is 12.7. The van der Waals surface area contributed by atoms with Crippen LogP contribution in [0.2, 0.25) is 0 Å². The first kappa shape index (κ1) is 21.8. The molecule has 0 unspecified atom stereocenters. The Balaban J connectivity index is 1.63. The Morgan fingerprint density at radius 2 is 1.65 bits per heavy atom. The molecule has 0 saturated carbocycles. The fourth-order valence-corrected chi connectivity index (χ4v) is 3.01. The van der Waals surface area contributed by atoms with Crippen molar-refractivity contribution in [2.45, 2.75) is 26.8 Å². The quantitative estimate of drug-likeness (QED) is 0.450. The summed E-state index contributed by atoms with van der Waals surface area (Å²) in [5.74, 6) is -0.590. The van der Waals surface area contributed by atoms with E-state index in [9.17, 15) is 14.4 Å². The fraction of sp³-hybridized carbons (Fsp3) is 0.160. The van der Waals surface area contributed by atoms with E-state index in [-0.39, 0.29) is 24.8 Å². The normalized spacial score (nSPS) is 10.3. The molecule has 6 heteroatoms. The maximum Gasteiger partial charge on any atom is 0.308 e. The topological polar surface area (TPSA) is 84.5 Å². The number of anilines is 1. The smallest absolute Gasteiger partial charge is 0.308 e. The predicted molar refractivity (Wildman–Crippen MR) is 119 cm³/mol. The lowest BCUT2D eigenvalue weighted by Gasteiger charge is -2.13. The number of amides is 2. The number of carbonyl (C=O) groups is 3. The first-order chi connectivity index (χ1) is 14.9. The van der Waals surface area contributed by atoms with E-state index in [2.05, 4.69) is 10.6 Å². The van der Waals surface area contributed by atoms with Crippen LogP contribution in [0.25, 0.3) is 0 Å². The zero-order chi connectivity index (χ0) is 22.2. The van der Waals surface area contributed by atoms with Crippen molar-refractivity contribution in [1.29, 1.82) is 0 Å². The van der Waals surface area contributed by atoms with Crippen LogP contribution in [0.4, 0.5) is 5.69 Å². The van der Waals surface area contributed by atoms with Crippen LogP contribution < -0.4 is 15.4 Å². The molecule has 0 bridgehead atoms. The summed E-state index contributed by atoms with van der Waals surface area (Å²) in [5, 5.41) is 5.75. The molecule has 0 heterocycles. The lowest BCUT2D eigenvalue weighted by Crippen LogP contribution is -2.25. The number of carbonyl (C=O) groups excluding carboxylic acids is 3. The van der Waals surface area contributed by atoms with Crippen LogP contribution >= 0.6 is 0 Å². The molecule has 0 fully saturated rings. The molecule has 3 aromatic carbocycles. The van der Waals surface area contributed by atoms with Crippen LogP contribution in [0, 0.1) is 6.92 Å². The molecule has 2 N–H and O–H groups in total. The largest absolute Gasteiger partial charge is 0.427 e. The van der Waals surface area contributed by atoms with Crippen LogP contribution in [0.15, 0.2) is 72.8 Å². The lowest BCUT2D eigenvalue weighted by molar-refractivity contribution is -0.131. The number of ether oxygens (including phenoxy) is 1. The van der Waals surface area contributed by atoms with Gasteiger partial charge in [0.1, 0.15) is 5.75 Å². The van der Waals surface area contributed by atoms with Crippen molar-refractivity contribution in [3.05, 3.63) is 95.1 Å². The van der Waals surface area contributed by atoms with Crippen molar-refractivity contribution >= 4 is 23.5 Å². The van der Waals surface area contributed by atoms with Crippen molar-refractivity contribution in [1.82, 2.24) is 5.32 Å². The van der Waals surface area contributed by atoms with E-state index in [1.807, 2.05) is 49.4 Å². The van der Waals surface area contributed by atoms with Gasteiger partial charge in [-0.15, -0.1) is 0 Å². The highest BCUT2D eigenvalue weighted by atomic mass is 16.5. The van der Waals surface area contributed by atoms with Gasteiger partial charge in [-0.1, -0.05) is 54.1 Å². The summed E-state index contributed by atoms with van der Waals surface area (Å²) in [5.41, 5.74) is 3.83. The summed E-state index contributed by atoms with van der Waals surface area (Å²) >= 11 is 0. The third-order valence-corrected chi connectivity index (χ3v) is 4.58. The second-order valence-corrected chi connectivity index (χ2v) is 7.17. The van der Waals surface area contributed by atoms with Gasteiger partial charge in [-0.3, -0.25) is 14.4 Å². The van der Waals surface area contributed by atoms with Crippen LogP contribution in [-0.2, 0) is 22.6 Å². The van der Waals surface area contributed by atoms with Gasteiger partial charge in [-0.25, -0.2) is 0 Å². The predicted octanol–water partition coefficient (Wildman–Crippen LogP) is 4.03. The Morgan fingerprint density at radius 3 is 2.39 bits per heavy atom. The molecule has 3 aromatic rings. The van der Waals surface area contributed by atoms with E-state index in [4.69, 9.17) is 4.74 Å². The molecule has 158 valence electrons. The third kappa shape index (κ3) is 6.54. The summed E-state index contributed by atoms with van der Waals surface area (Å²) in [6, 6.07) is 21.5. The van der Waals surface area contributed by atoms with Crippen molar-refractivity contribution in [2.75, 3.05) is 5.32 Å². The van der Waals surface area contributed by atoms with E-state index in [1.54, 1.807) is 24.3 Å². The number of benzene rings is 3. The molecule has 0 aliphatic rings. The van der Waals surface area contributed by atoms with E-state index in [0.29, 0.717) is 17.0 Å². The number of rotatable bonds is 7. The first-order valence-corrected chi connectivity index (χ1v) is 9.90. The number of esters is 1. The van der Waals surface area contributed by atoms with Gasteiger partial charge in [0.2, 0.25) is 5.91 Å².